The first kappa shape index (κ1) is 38.4. The SMILES string of the molecule is C1CCC([PH+](CC[PH+](C2CCCCC2)C2CCCCC2)C2CCCCC2)CC1.FB(F)F.FB(F)F.[F-].[F-]. The van der Waals surface area contributed by atoms with Gasteiger partial charge in [0.2, 0.25) is 0 Å². The van der Waals surface area contributed by atoms with Crippen LogP contribution in [0.4, 0.5) is 25.9 Å². The predicted molar refractivity (Wildman–Crippen MR) is 152 cm³/mol. The molecule has 0 aromatic rings. The van der Waals surface area contributed by atoms with Crippen molar-refractivity contribution in [2.75, 3.05) is 12.3 Å². The maximum atomic E-state index is 9.67. The van der Waals surface area contributed by atoms with E-state index < -0.39 is 15.1 Å². The Hall–Kier alpha value is 0.430. The molecule has 0 saturated heterocycles. The van der Waals surface area contributed by atoms with E-state index in [1.54, 1.807) is 141 Å². The molecule has 0 amide bonds. The van der Waals surface area contributed by atoms with E-state index in [1.165, 1.54) is 22.6 Å². The van der Waals surface area contributed by atoms with Crippen LogP contribution in [0.1, 0.15) is 128 Å². The van der Waals surface area contributed by atoms with Gasteiger partial charge in [0.05, 0.1) is 35.0 Å². The lowest BCUT2D eigenvalue weighted by atomic mass is 9.99. The van der Waals surface area contributed by atoms with Crippen LogP contribution in [-0.4, -0.2) is 50.0 Å². The lowest BCUT2D eigenvalue weighted by Gasteiger charge is -2.35. The maximum absolute atomic E-state index is 9.67. The summed E-state index contributed by atoms with van der Waals surface area (Å²) < 4.78 is 58.0. The molecule has 4 saturated carbocycles. The number of halogens is 8. The zero-order valence-corrected chi connectivity index (χ0v) is 25.0. The first-order valence-corrected chi connectivity index (χ1v) is 18.7. The van der Waals surface area contributed by atoms with Crippen molar-refractivity contribution in [3.63, 3.8) is 0 Å². The molecule has 0 aromatic heterocycles. The largest absolute Gasteiger partial charge is 1.00 e. The molecule has 0 aliphatic heterocycles. The summed E-state index contributed by atoms with van der Waals surface area (Å²) in [6.07, 6.45) is 35.5. The van der Waals surface area contributed by atoms with Gasteiger partial charge in [-0.3, -0.25) is 25.9 Å². The minimum Gasteiger partial charge on any atom is -1.00 e. The molecule has 0 nitrogen and oxygen atoms in total. The van der Waals surface area contributed by atoms with E-state index in [0.29, 0.717) is 0 Å². The summed E-state index contributed by atoms with van der Waals surface area (Å²) >= 11 is 0. The molecule has 4 rings (SSSR count). The van der Waals surface area contributed by atoms with Crippen LogP contribution in [0.25, 0.3) is 0 Å². The zero-order valence-electron chi connectivity index (χ0n) is 23.0. The second-order valence-electron chi connectivity index (χ2n) is 11.5. The Balaban J connectivity index is 0.00000121. The van der Waals surface area contributed by atoms with Gasteiger partial charge in [-0.2, -0.15) is 0 Å². The van der Waals surface area contributed by atoms with E-state index in [4.69, 9.17) is 0 Å². The Morgan fingerprint density at radius 1 is 0.368 bits per heavy atom. The Morgan fingerprint density at radius 3 is 0.684 bits per heavy atom. The van der Waals surface area contributed by atoms with Gasteiger partial charge in [0, 0.05) is 15.8 Å². The van der Waals surface area contributed by atoms with E-state index in [-0.39, 0.29) is 25.3 Å². The molecule has 0 bridgehead atoms. The molecule has 0 unspecified atom stereocenters. The third-order valence-corrected chi connectivity index (χ3v) is 17.9. The fourth-order valence-electron chi connectivity index (χ4n) is 7.67. The molecular weight excluding hydrogens is 548 g/mol. The summed E-state index contributed by atoms with van der Waals surface area (Å²) in [5.74, 6) is 0. The van der Waals surface area contributed by atoms with E-state index in [0.717, 1.165) is 0 Å². The van der Waals surface area contributed by atoms with Crippen LogP contribution in [0.3, 0.4) is 0 Å². The average molecular weight is 598 g/mol. The maximum Gasteiger partial charge on any atom is 0.762 e. The Morgan fingerprint density at radius 2 is 0.526 bits per heavy atom. The summed E-state index contributed by atoms with van der Waals surface area (Å²) in [5.41, 5.74) is 4.90. The van der Waals surface area contributed by atoms with Crippen molar-refractivity contribution >= 4 is 30.9 Å². The standard InChI is InChI=1S/C26H48P2.2BF3.2FH/c1-5-13-23(14-6-1)27(24-15-7-2-8-16-24)21-22-28(25-17-9-3-10-18-25)26-19-11-4-12-20-26;2*2-1(3)4;;/h23-26H,1-22H2;;;2*1H. The van der Waals surface area contributed by atoms with Gasteiger partial charge in [0.1, 0.15) is 0 Å². The molecule has 0 atom stereocenters. The summed E-state index contributed by atoms with van der Waals surface area (Å²) in [4.78, 5) is 0. The topological polar surface area (TPSA) is 0 Å². The van der Waals surface area contributed by atoms with E-state index in [9.17, 15) is 25.9 Å². The highest BCUT2D eigenvalue weighted by Gasteiger charge is 2.42. The van der Waals surface area contributed by atoms with E-state index >= 15 is 0 Å². The molecule has 4 aliphatic carbocycles. The van der Waals surface area contributed by atoms with Crippen molar-refractivity contribution in [2.24, 2.45) is 0 Å². The lowest BCUT2D eigenvalue weighted by molar-refractivity contribution is -0.00100. The van der Waals surface area contributed by atoms with Gasteiger partial charge in [0.25, 0.3) is 0 Å². The van der Waals surface area contributed by atoms with E-state index in [2.05, 4.69) is 0 Å². The van der Waals surface area contributed by atoms with Gasteiger partial charge in [-0.25, -0.2) is 0 Å². The van der Waals surface area contributed by atoms with Crippen LogP contribution in [0, 0.1) is 0 Å². The highest BCUT2D eigenvalue weighted by atomic mass is 31.1. The first-order valence-electron chi connectivity index (χ1n) is 14.9. The molecule has 4 fully saturated rings. The lowest BCUT2D eigenvalue weighted by Crippen LogP contribution is -3.00. The van der Waals surface area contributed by atoms with Crippen molar-refractivity contribution in [3.05, 3.63) is 0 Å². The number of hydrogen-bond acceptors (Lipinski definition) is 0. The molecule has 0 spiro atoms. The van der Waals surface area contributed by atoms with Gasteiger partial charge >= 0.3 is 15.1 Å². The smallest absolute Gasteiger partial charge is 0.762 e. The Bertz CT molecular complexity index is 442. The quantitative estimate of drug-likeness (QED) is 0.230. The molecule has 12 heteroatoms. The highest BCUT2D eigenvalue weighted by Crippen LogP contribution is 2.61. The molecule has 0 radical (unpaired) electrons. The summed E-state index contributed by atoms with van der Waals surface area (Å²) in [5, 5.41) is 0. The highest BCUT2D eigenvalue weighted by molar-refractivity contribution is 7.63. The molecule has 38 heavy (non-hydrogen) atoms. The third-order valence-electron chi connectivity index (χ3n) is 9.22. The van der Waals surface area contributed by atoms with Crippen LogP contribution < -0.4 is 9.41 Å². The Labute approximate surface area is 229 Å². The second kappa shape index (κ2) is 23.0. The van der Waals surface area contributed by atoms with Crippen molar-refractivity contribution in [3.8, 4) is 0 Å². The number of hydrogen-bond donors (Lipinski definition) is 0. The second-order valence-corrected chi connectivity index (χ2v) is 18.1. The first-order chi connectivity index (χ1) is 17.4. The van der Waals surface area contributed by atoms with Crippen LogP contribution in [0.2, 0.25) is 0 Å². The molecule has 0 heterocycles. The van der Waals surface area contributed by atoms with Crippen LogP contribution in [0.5, 0.6) is 0 Å². The van der Waals surface area contributed by atoms with Gasteiger partial charge in [0.15, 0.2) is 0 Å². The molecule has 226 valence electrons. The van der Waals surface area contributed by atoms with Gasteiger partial charge in [-0.05, 0) is 103 Å². The Kier molecular flexibility index (Phi) is 23.3. The molecule has 4 aliphatic rings. The number of rotatable bonds is 7. The normalized spacial score (nSPS) is 21.8. The van der Waals surface area contributed by atoms with Crippen LogP contribution >= 0.6 is 15.8 Å². The molecular formula is C26H50B2F8P2. The monoisotopic (exact) mass is 598 g/mol. The minimum absolute atomic E-state index is 0. The summed E-state index contributed by atoms with van der Waals surface area (Å²) in [6, 6.07) is 0. The van der Waals surface area contributed by atoms with Crippen molar-refractivity contribution in [2.45, 2.75) is 151 Å². The average Bonchev–Trinajstić information content (AvgIpc) is 2.88. The van der Waals surface area contributed by atoms with Gasteiger partial charge < -0.3 is 9.41 Å². The van der Waals surface area contributed by atoms with Crippen LogP contribution in [-0.2, 0) is 0 Å². The third kappa shape index (κ3) is 16.0. The van der Waals surface area contributed by atoms with Crippen molar-refractivity contribution in [1.29, 1.82) is 0 Å². The van der Waals surface area contributed by atoms with Gasteiger partial charge in [-0.1, -0.05) is 25.7 Å². The van der Waals surface area contributed by atoms with E-state index in [1.807, 2.05) is 0 Å². The van der Waals surface area contributed by atoms with Crippen molar-refractivity contribution < 1.29 is 35.3 Å². The molecule has 0 N–H and O–H groups in total. The summed E-state index contributed by atoms with van der Waals surface area (Å²) in [7, 11) is -7.52. The summed E-state index contributed by atoms with van der Waals surface area (Å²) in [6.45, 7) is 0. The zero-order chi connectivity index (χ0) is 26.2. The van der Waals surface area contributed by atoms with Crippen molar-refractivity contribution in [1.82, 2.24) is 0 Å². The van der Waals surface area contributed by atoms with Gasteiger partial charge in [-0.15, -0.1) is 0 Å². The minimum atomic E-state index is -3.67. The van der Waals surface area contributed by atoms with Crippen LogP contribution in [0.15, 0.2) is 0 Å². The molecule has 0 aromatic carbocycles. The predicted octanol–water partition coefficient (Wildman–Crippen LogP) is 4.51. The fourth-order valence-corrected chi connectivity index (χ4v) is 17.5. The fraction of sp³-hybridized carbons (Fsp3) is 1.00.